The molecule has 0 saturated carbocycles. The molecule has 0 rings (SSSR count). The molecule has 0 aromatic heterocycles. The summed E-state index contributed by atoms with van der Waals surface area (Å²) in [6, 6.07) is 0. The van der Waals surface area contributed by atoms with E-state index in [1.54, 1.807) is 0 Å². The van der Waals surface area contributed by atoms with Crippen LogP contribution in [0, 0.1) is 0 Å². The van der Waals surface area contributed by atoms with Crippen molar-refractivity contribution < 1.29 is 34.8 Å². The van der Waals surface area contributed by atoms with Gasteiger partial charge in [-0.1, -0.05) is 0 Å². The van der Waals surface area contributed by atoms with E-state index in [0.717, 1.165) is 0 Å². The van der Waals surface area contributed by atoms with Gasteiger partial charge in [0.25, 0.3) is 0 Å². The van der Waals surface area contributed by atoms with E-state index in [1.807, 2.05) is 0 Å². The topological polar surface area (TPSA) is 91.7 Å². The van der Waals surface area contributed by atoms with Crippen LogP contribution in [0.5, 0.6) is 0 Å². The zero-order chi connectivity index (χ0) is 3.58. The Morgan fingerprint density at radius 1 is 1.14 bits per heavy atom. The molecule has 0 bridgehead atoms. The molecule has 7 heavy (non-hydrogen) atoms. The standard InChI is InChI=1S/2Ca.4O.Ti/q2*+2;;-2;2*-1;. The Hall–Kier alpha value is 2.91. The summed E-state index contributed by atoms with van der Waals surface area (Å²) in [5, 5.41) is 0. The van der Waals surface area contributed by atoms with Gasteiger partial charge in [0.1, 0.15) is 0 Å². The van der Waals surface area contributed by atoms with Crippen LogP contribution in [-0.2, 0) is 27.4 Å². The molecular formula is Ca2O4Ti. The molecule has 0 heterocycles. The van der Waals surface area contributed by atoms with E-state index in [9.17, 15) is 0 Å². The van der Waals surface area contributed by atoms with Gasteiger partial charge in [0.2, 0.25) is 0 Å². The second kappa shape index (κ2) is 16.0. The summed E-state index contributed by atoms with van der Waals surface area (Å²) in [5.41, 5.74) is 0. The summed E-state index contributed by atoms with van der Waals surface area (Å²) in [6.45, 7) is 0. The van der Waals surface area contributed by atoms with Crippen molar-refractivity contribution in [1.29, 1.82) is 0 Å². The minimum atomic E-state index is -4.08. The first-order valence-corrected chi connectivity index (χ1v) is 2.52. The quantitative estimate of drug-likeness (QED) is 0.375. The van der Waals surface area contributed by atoms with Gasteiger partial charge in [-0.25, -0.2) is 0 Å². The molecule has 4 nitrogen and oxygen atoms in total. The molecule has 0 aromatic rings. The Labute approximate surface area is 108 Å². The molecule has 0 amide bonds. The molecule has 32 valence electrons. The van der Waals surface area contributed by atoms with Gasteiger partial charge in [0.15, 0.2) is 0 Å². The molecule has 0 fully saturated rings. The fourth-order valence-corrected chi connectivity index (χ4v) is 0. The van der Waals surface area contributed by atoms with Crippen molar-refractivity contribution in [3.8, 4) is 0 Å². The molecule has 0 unspecified atom stereocenters. The van der Waals surface area contributed by atoms with Crippen molar-refractivity contribution in [1.82, 2.24) is 0 Å². The van der Waals surface area contributed by atoms with E-state index in [-0.39, 0.29) is 81.0 Å². The van der Waals surface area contributed by atoms with Crippen LogP contribution in [0.15, 0.2) is 0 Å². The van der Waals surface area contributed by atoms with Gasteiger partial charge in [-0.15, -0.1) is 0 Å². The van der Waals surface area contributed by atoms with E-state index in [4.69, 9.17) is 10.7 Å². The first-order valence-electron chi connectivity index (χ1n) is 0.612. The van der Waals surface area contributed by atoms with Crippen LogP contribution in [0.25, 0.3) is 0 Å². The Bertz CT molecular complexity index is 32.7. The molecule has 0 aromatic carbocycles. The fourth-order valence-electron chi connectivity index (χ4n) is 0. The van der Waals surface area contributed by atoms with Gasteiger partial charge in [-0.05, 0) is 0 Å². The molecule has 0 atom stereocenters. The Balaban J connectivity index is -0.0000000150. The van der Waals surface area contributed by atoms with Crippen LogP contribution < -0.4 is 7.38 Å². The predicted octanol–water partition coefficient (Wildman–Crippen LogP) is -3.38. The zero-order valence-electron chi connectivity index (χ0n) is 3.55. The van der Waals surface area contributed by atoms with Crippen LogP contribution in [-0.4, -0.2) is 75.5 Å². The molecule has 0 radical (unpaired) electrons. The van der Waals surface area contributed by atoms with Crippen molar-refractivity contribution in [2.24, 2.45) is 0 Å². The fraction of sp³-hybridized carbons (Fsp3) is 0. The van der Waals surface area contributed by atoms with Crippen molar-refractivity contribution >= 4 is 75.5 Å². The molecule has 0 aliphatic rings. The van der Waals surface area contributed by atoms with Crippen molar-refractivity contribution in [2.75, 3.05) is 0 Å². The zero-order valence-corrected chi connectivity index (χ0v) is 9.53. The van der Waals surface area contributed by atoms with Crippen LogP contribution in [0.2, 0.25) is 0 Å². The van der Waals surface area contributed by atoms with Gasteiger partial charge in [-0.3, -0.25) is 0 Å². The summed E-state index contributed by atoms with van der Waals surface area (Å²) < 4.78 is 25.8. The third-order valence-electron chi connectivity index (χ3n) is 0. The summed E-state index contributed by atoms with van der Waals surface area (Å²) in [5.74, 6) is 0. The SMILES string of the molecule is [Ca+2].[Ca+2].[O-2].[O]=[Ti]([O-])[O-]. The van der Waals surface area contributed by atoms with E-state index < -0.39 is 18.6 Å². The van der Waals surface area contributed by atoms with Crippen molar-refractivity contribution in [3.63, 3.8) is 0 Å². The molecular weight excluding hydrogens is 192 g/mol. The van der Waals surface area contributed by atoms with E-state index in [0.29, 0.717) is 0 Å². The van der Waals surface area contributed by atoms with Gasteiger partial charge in [0, 0.05) is 0 Å². The van der Waals surface area contributed by atoms with Gasteiger partial charge in [-0.2, -0.15) is 0 Å². The van der Waals surface area contributed by atoms with E-state index in [1.165, 1.54) is 0 Å². The molecule has 7 heteroatoms. The Morgan fingerprint density at radius 2 is 1.14 bits per heavy atom. The van der Waals surface area contributed by atoms with Crippen LogP contribution in [0.4, 0.5) is 0 Å². The predicted molar refractivity (Wildman–Crippen MR) is 12.9 cm³/mol. The first kappa shape index (κ1) is 22.5. The molecule has 0 saturated heterocycles. The average Bonchev–Trinajstić information content (AvgIpc) is 0.811. The van der Waals surface area contributed by atoms with E-state index in [2.05, 4.69) is 0 Å². The number of hydrogen-bond acceptors (Lipinski definition) is 3. The third kappa shape index (κ3) is 50.2. The summed E-state index contributed by atoms with van der Waals surface area (Å²) in [4.78, 5) is 0. The van der Waals surface area contributed by atoms with Crippen LogP contribution in [0.1, 0.15) is 0 Å². The molecule has 0 N–H and O–H groups in total. The number of rotatable bonds is 0. The number of hydrogen-bond donors (Lipinski definition) is 0. The minimum absolute atomic E-state index is 0. The summed E-state index contributed by atoms with van der Waals surface area (Å²) >= 11 is -4.08. The molecule has 0 aliphatic carbocycles. The van der Waals surface area contributed by atoms with Crippen LogP contribution >= 0.6 is 0 Å². The summed E-state index contributed by atoms with van der Waals surface area (Å²) in [7, 11) is 0. The van der Waals surface area contributed by atoms with Crippen molar-refractivity contribution in [3.05, 3.63) is 0 Å². The maximum atomic E-state index is 8.58. The molecule has 0 spiro atoms. The monoisotopic (exact) mass is 192 g/mol. The normalized spacial score (nSPS) is 3.71. The second-order valence-corrected chi connectivity index (χ2v) is 1.03. The average molecular weight is 192 g/mol. The van der Waals surface area contributed by atoms with Gasteiger partial charge >= 0.3 is 105 Å². The second-order valence-electron chi connectivity index (χ2n) is 0.250. The maximum absolute atomic E-state index is 8.58. The van der Waals surface area contributed by atoms with Crippen LogP contribution in [0.3, 0.4) is 0 Å². The molecule has 0 aliphatic heterocycles. The van der Waals surface area contributed by atoms with Crippen molar-refractivity contribution in [2.45, 2.75) is 0 Å². The Kier molecular flexibility index (Phi) is 51.4. The van der Waals surface area contributed by atoms with Gasteiger partial charge in [0.05, 0.1) is 0 Å². The Morgan fingerprint density at radius 3 is 1.14 bits per heavy atom. The summed E-state index contributed by atoms with van der Waals surface area (Å²) in [6.07, 6.45) is 0. The van der Waals surface area contributed by atoms with E-state index >= 15 is 0 Å². The first-order chi connectivity index (χ1) is 1.73. The van der Waals surface area contributed by atoms with Gasteiger partial charge < -0.3 is 5.48 Å². The third-order valence-corrected chi connectivity index (χ3v) is 0.